The first-order valence-corrected chi connectivity index (χ1v) is 12.6. The van der Waals surface area contributed by atoms with E-state index in [1.54, 1.807) is 12.1 Å². The highest BCUT2D eigenvalue weighted by molar-refractivity contribution is 6.02. The van der Waals surface area contributed by atoms with Gasteiger partial charge in [0.15, 0.2) is 6.61 Å². The van der Waals surface area contributed by atoms with Crippen molar-refractivity contribution in [2.45, 2.75) is 13.8 Å². The molecule has 0 aliphatic rings. The lowest BCUT2D eigenvalue weighted by Gasteiger charge is -2.22. The number of nitro groups is 1. The smallest absolute Gasteiger partial charge is 0.271 e. The lowest BCUT2D eigenvalue weighted by atomic mass is 9.97. The molecule has 0 saturated carbocycles. The Morgan fingerprint density at radius 3 is 2.51 bits per heavy atom. The minimum atomic E-state index is -0.522. The summed E-state index contributed by atoms with van der Waals surface area (Å²) < 4.78 is 5.97. The SMILES string of the molecule is CCN(CC)c1ccc(/C=C(/C#N)c2cccc3ccccc23)c(OCC(=O)Nc2cccc([N+](=O)[O-])c2)c1. The Morgan fingerprint density at radius 1 is 1.03 bits per heavy atom. The van der Waals surface area contributed by atoms with Gasteiger partial charge in [0, 0.05) is 53.8 Å². The molecule has 0 spiro atoms. The zero-order chi connectivity index (χ0) is 27.8. The van der Waals surface area contributed by atoms with Gasteiger partial charge in [0.05, 0.1) is 16.6 Å². The van der Waals surface area contributed by atoms with Crippen molar-refractivity contribution in [2.24, 2.45) is 0 Å². The van der Waals surface area contributed by atoms with Gasteiger partial charge in [-0.3, -0.25) is 14.9 Å². The van der Waals surface area contributed by atoms with E-state index in [0.29, 0.717) is 22.6 Å². The molecule has 0 aliphatic carbocycles. The average molecular weight is 521 g/mol. The lowest BCUT2D eigenvalue weighted by molar-refractivity contribution is -0.384. The van der Waals surface area contributed by atoms with E-state index < -0.39 is 10.8 Å². The van der Waals surface area contributed by atoms with Crippen LogP contribution in [0, 0.1) is 21.4 Å². The first-order valence-electron chi connectivity index (χ1n) is 12.6. The van der Waals surface area contributed by atoms with Crippen LogP contribution in [-0.4, -0.2) is 30.5 Å². The third-order valence-corrected chi connectivity index (χ3v) is 6.33. The number of nitro benzene ring substituents is 1. The molecule has 0 radical (unpaired) electrons. The number of carbonyl (C=O) groups excluding carboxylic acids is 1. The number of nitrogens with zero attached hydrogens (tertiary/aromatic N) is 3. The molecule has 8 heteroatoms. The van der Waals surface area contributed by atoms with Crippen LogP contribution in [0.4, 0.5) is 17.1 Å². The van der Waals surface area contributed by atoms with Crippen LogP contribution in [0.2, 0.25) is 0 Å². The molecule has 0 atom stereocenters. The number of carbonyl (C=O) groups is 1. The normalized spacial score (nSPS) is 11.1. The van der Waals surface area contributed by atoms with Crippen molar-refractivity contribution in [3.8, 4) is 11.8 Å². The second-order valence-corrected chi connectivity index (χ2v) is 8.74. The monoisotopic (exact) mass is 520 g/mol. The topological polar surface area (TPSA) is 108 Å². The van der Waals surface area contributed by atoms with Crippen LogP contribution >= 0.6 is 0 Å². The minimum absolute atomic E-state index is 0.120. The number of anilines is 2. The number of nitrogens with one attached hydrogen (secondary N) is 1. The van der Waals surface area contributed by atoms with Gasteiger partial charge in [-0.15, -0.1) is 0 Å². The molecule has 0 fully saturated rings. The maximum Gasteiger partial charge on any atom is 0.271 e. The molecule has 196 valence electrons. The van der Waals surface area contributed by atoms with Crippen LogP contribution in [0.15, 0.2) is 84.9 Å². The minimum Gasteiger partial charge on any atom is -0.483 e. The number of allylic oxidation sites excluding steroid dienone is 1. The van der Waals surface area contributed by atoms with Crippen LogP contribution < -0.4 is 15.0 Å². The standard InChI is InChI=1S/C31H28N4O4/c1-3-34(4-2)26-16-15-23(17-24(20-32)29-14-7-10-22-9-5-6-13-28(22)29)30(19-26)39-21-31(36)33-25-11-8-12-27(18-25)35(37)38/h5-19H,3-4,21H2,1-2H3,(H,33,36)/b24-17-. The second kappa shape index (κ2) is 12.4. The average Bonchev–Trinajstić information content (AvgIpc) is 2.96. The van der Waals surface area contributed by atoms with Crippen molar-refractivity contribution >= 4 is 45.4 Å². The zero-order valence-electron chi connectivity index (χ0n) is 21.8. The fraction of sp³-hybridized carbons (Fsp3) is 0.161. The number of hydrogen-bond donors (Lipinski definition) is 1. The number of non-ortho nitro benzene ring substituents is 1. The highest BCUT2D eigenvalue weighted by Gasteiger charge is 2.14. The number of amides is 1. The predicted molar refractivity (Wildman–Crippen MR) is 155 cm³/mol. The van der Waals surface area contributed by atoms with Gasteiger partial charge in [-0.2, -0.15) is 5.26 Å². The Kier molecular flexibility index (Phi) is 8.54. The summed E-state index contributed by atoms with van der Waals surface area (Å²) in [4.78, 5) is 25.3. The van der Waals surface area contributed by atoms with E-state index in [4.69, 9.17) is 4.74 Å². The third-order valence-electron chi connectivity index (χ3n) is 6.33. The van der Waals surface area contributed by atoms with Gasteiger partial charge in [0.1, 0.15) is 5.75 Å². The molecule has 4 aromatic carbocycles. The van der Waals surface area contributed by atoms with E-state index in [0.717, 1.165) is 35.1 Å². The van der Waals surface area contributed by atoms with Crippen LogP contribution in [-0.2, 0) is 4.79 Å². The van der Waals surface area contributed by atoms with Crippen molar-refractivity contribution in [3.05, 3.63) is 106 Å². The molecule has 39 heavy (non-hydrogen) atoms. The van der Waals surface area contributed by atoms with Gasteiger partial charge in [-0.1, -0.05) is 48.5 Å². The first kappa shape index (κ1) is 26.9. The molecule has 0 unspecified atom stereocenters. The van der Waals surface area contributed by atoms with Crippen LogP contribution in [0.25, 0.3) is 22.4 Å². The number of rotatable bonds is 10. The number of fused-ring (bicyclic) bond motifs is 1. The Hall–Kier alpha value is -5.16. The van der Waals surface area contributed by atoms with Crippen molar-refractivity contribution in [3.63, 3.8) is 0 Å². The molecule has 0 saturated heterocycles. The van der Waals surface area contributed by atoms with Gasteiger partial charge in [-0.25, -0.2) is 0 Å². The maximum atomic E-state index is 12.7. The molecule has 4 rings (SSSR count). The van der Waals surface area contributed by atoms with Crippen molar-refractivity contribution in [1.82, 2.24) is 0 Å². The number of hydrogen-bond acceptors (Lipinski definition) is 6. The first-order chi connectivity index (χ1) is 18.9. The number of nitriles is 1. The molecule has 8 nitrogen and oxygen atoms in total. The predicted octanol–water partition coefficient (Wildman–Crippen LogP) is 6.68. The summed E-state index contributed by atoms with van der Waals surface area (Å²) >= 11 is 0. The third kappa shape index (κ3) is 6.40. The fourth-order valence-electron chi connectivity index (χ4n) is 4.38. The lowest BCUT2D eigenvalue weighted by Crippen LogP contribution is -2.22. The molecule has 1 N–H and O–H groups in total. The Balaban J connectivity index is 1.66. The van der Waals surface area contributed by atoms with E-state index in [1.165, 1.54) is 18.2 Å². The maximum absolute atomic E-state index is 12.7. The molecular formula is C31H28N4O4. The van der Waals surface area contributed by atoms with Crippen LogP contribution in [0.5, 0.6) is 5.75 Å². The van der Waals surface area contributed by atoms with Crippen molar-refractivity contribution < 1.29 is 14.5 Å². The summed E-state index contributed by atoms with van der Waals surface area (Å²) in [5.41, 5.74) is 3.03. The summed E-state index contributed by atoms with van der Waals surface area (Å²) in [7, 11) is 0. The van der Waals surface area contributed by atoms with E-state index >= 15 is 0 Å². The summed E-state index contributed by atoms with van der Waals surface area (Å²) in [6, 6.07) is 27.4. The van der Waals surface area contributed by atoms with Crippen molar-refractivity contribution in [1.29, 1.82) is 5.26 Å². The van der Waals surface area contributed by atoms with E-state index in [9.17, 15) is 20.2 Å². The van der Waals surface area contributed by atoms with E-state index in [-0.39, 0.29) is 12.3 Å². The second-order valence-electron chi connectivity index (χ2n) is 8.74. The van der Waals surface area contributed by atoms with Crippen molar-refractivity contribution in [2.75, 3.05) is 29.9 Å². The number of ether oxygens (including phenoxy) is 1. The molecule has 0 aromatic heterocycles. The Labute approximate surface area is 226 Å². The van der Waals surface area contributed by atoms with E-state index in [2.05, 4.69) is 30.1 Å². The zero-order valence-corrected chi connectivity index (χ0v) is 21.8. The van der Waals surface area contributed by atoms with Gasteiger partial charge in [0.2, 0.25) is 0 Å². The summed E-state index contributed by atoms with van der Waals surface area (Å²) in [5.74, 6) is -0.0187. The molecule has 0 heterocycles. The summed E-state index contributed by atoms with van der Waals surface area (Å²) in [5, 5.41) is 25.8. The Morgan fingerprint density at radius 2 is 1.77 bits per heavy atom. The molecule has 0 aliphatic heterocycles. The largest absolute Gasteiger partial charge is 0.483 e. The molecule has 0 bridgehead atoms. The van der Waals surface area contributed by atoms with Crippen LogP contribution in [0.3, 0.4) is 0 Å². The van der Waals surface area contributed by atoms with Gasteiger partial charge in [-0.05, 0) is 48.9 Å². The number of benzene rings is 4. The Bertz CT molecular complexity index is 1580. The van der Waals surface area contributed by atoms with Gasteiger partial charge < -0.3 is 15.0 Å². The summed E-state index contributed by atoms with van der Waals surface area (Å²) in [6.45, 7) is 5.37. The molecule has 1 amide bonds. The van der Waals surface area contributed by atoms with E-state index in [1.807, 2.05) is 60.7 Å². The van der Waals surface area contributed by atoms with Crippen LogP contribution in [0.1, 0.15) is 25.0 Å². The van der Waals surface area contributed by atoms with Gasteiger partial charge >= 0.3 is 0 Å². The van der Waals surface area contributed by atoms with Gasteiger partial charge in [0.25, 0.3) is 11.6 Å². The fourth-order valence-corrected chi connectivity index (χ4v) is 4.38. The molecule has 4 aromatic rings. The highest BCUT2D eigenvalue weighted by atomic mass is 16.6. The quantitative estimate of drug-likeness (QED) is 0.108. The summed E-state index contributed by atoms with van der Waals surface area (Å²) in [6.07, 6.45) is 1.77. The highest BCUT2D eigenvalue weighted by Crippen LogP contribution is 2.32. The molecular weight excluding hydrogens is 492 g/mol.